The molecular formula is C11H14N2OS. The van der Waals surface area contributed by atoms with Crippen molar-refractivity contribution in [1.29, 1.82) is 0 Å². The first-order valence-corrected chi connectivity index (χ1v) is 5.69. The van der Waals surface area contributed by atoms with Crippen LogP contribution in [0.4, 0.5) is 0 Å². The zero-order valence-electron chi connectivity index (χ0n) is 8.84. The van der Waals surface area contributed by atoms with E-state index in [1.807, 2.05) is 36.9 Å². The smallest absolute Gasteiger partial charge is 0.111 e. The molecule has 0 fully saturated rings. The number of hydrogen-bond acceptors (Lipinski definition) is 3. The van der Waals surface area contributed by atoms with Crippen molar-refractivity contribution in [3.63, 3.8) is 0 Å². The number of aryl methyl sites for hydroxylation is 2. The number of hydrogen-bond donors (Lipinski definition) is 1. The van der Waals surface area contributed by atoms with E-state index in [0.717, 1.165) is 10.7 Å². The van der Waals surface area contributed by atoms with E-state index in [0.29, 0.717) is 6.42 Å². The summed E-state index contributed by atoms with van der Waals surface area (Å²) in [5.74, 6) is 0.911. The van der Waals surface area contributed by atoms with Gasteiger partial charge in [-0.3, -0.25) is 0 Å². The highest BCUT2D eigenvalue weighted by atomic mass is 32.1. The average molecular weight is 222 g/mol. The molecule has 0 saturated heterocycles. The molecule has 2 aromatic heterocycles. The molecule has 0 aromatic carbocycles. The van der Waals surface area contributed by atoms with E-state index >= 15 is 0 Å². The molecule has 0 aliphatic carbocycles. The molecule has 3 nitrogen and oxygen atoms in total. The minimum atomic E-state index is -0.440. The van der Waals surface area contributed by atoms with Crippen LogP contribution in [-0.2, 0) is 13.5 Å². The van der Waals surface area contributed by atoms with E-state index in [1.54, 1.807) is 17.5 Å². The largest absolute Gasteiger partial charge is 0.387 e. The molecule has 0 saturated carbocycles. The van der Waals surface area contributed by atoms with Crippen LogP contribution in [0.25, 0.3) is 0 Å². The number of aliphatic hydroxyl groups is 1. The van der Waals surface area contributed by atoms with Crippen LogP contribution >= 0.6 is 11.3 Å². The molecule has 2 rings (SSSR count). The van der Waals surface area contributed by atoms with E-state index in [2.05, 4.69) is 4.98 Å². The Morgan fingerprint density at radius 1 is 1.53 bits per heavy atom. The Morgan fingerprint density at radius 2 is 2.33 bits per heavy atom. The molecule has 2 heterocycles. The normalized spacial score (nSPS) is 13.0. The Bertz CT molecular complexity index is 447. The summed E-state index contributed by atoms with van der Waals surface area (Å²) >= 11 is 1.64. The summed E-state index contributed by atoms with van der Waals surface area (Å²) in [6, 6.07) is 4.01. The Labute approximate surface area is 93.0 Å². The van der Waals surface area contributed by atoms with E-state index in [4.69, 9.17) is 0 Å². The monoisotopic (exact) mass is 222 g/mol. The first kappa shape index (κ1) is 10.4. The van der Waals surface area contributed by atoms with Crippen LogP contribution in [0.2, 0.25) is 0 Å². The molecule has 15 heavy (non-hydrogen) atoms. The lowest BCUT2D eigenvalue weighted by molar-refractivity contribution is 0.178. The molecule has 2 aromatic rings. The SMILES string of the molecule is Cc1ccc(C(O)Cc2nccn2C)s1. The van der Waals surface area contributed by atoms with Gasteiger partial charge in [0, 0.05) is 35.6 Å². The number of aliphatic hydroxyl groups excluding tert-OH is 1. The maximum atomic E-state index is 9.99. The fraction of sp³-hybridized carbons (Fsp3) is 0.364. The lowest BCUT2D eigenvalue weighted by atomic mass is 10.2. The maximum absolute atomic E-state index is 9.99. The number of imidazole rings is 1. The van der Waals surface area contributed by atoms with Crippen molar-refractivity contribution in [2.45, 2.75) is 19.4 Å². The van der Waals surface area contributed by atoms with Gasteiger partial charge in [-0.25, -0.2) is 4.98 Å². The summed E-state index contributed by atoms with van der Waals surface area (Å²) in [6.07, 6.45) is 3.78. The highest BCUT2D eigenvalue weighted by Crippen LogP contribution is 2.24. The summed E-state index contributed by atoms with van der Waals surface area (Å²) in [7, 11) is 1.94. The van der Waals surface area contributed by atoms with Crippen molar-refractivity contribution >= 4 is 11.3 Å². The molecule has 0 radical (unpaired) electrons. The van der Waals surface area contributed by atoms with Gasteiger partial charge >= 0.3 is 0 Å². The third-order valence-electron chi connectivity index (χ3n) is 2.39. The Hall–Kier alpha value is -1.13. The van der Waals surface area contributed by atoms with Gasteiger partial charge in [0.1, 0.15) is 5.82 Å². The van der Waals surface area contributed by atoms with Crippen molar-refractivity contribution < 1.29 is 5.11 Å². The van der Waals surface area contributed by atoms with Gasteiger partial charge in [-0.15, -0.1) is 11.3 Å². The summed E-state index contributed by atoms with van der Waals surface area (Å²) in [6.45, 7) is 2.04. The highest BCUT2D eigenvalue weighted by Gasteiger charge is 2.12. The van der Waals surface area contributed by atoms with E-state index in [9.17, 15) is 5.11 Å². The van der Waals surface area contributed by atoms with Crippen molar-refractivity contribution in [2.75, 3.05) is 0 Å². The third kappa shape index (κ3) is 2.27. The maximum Gasteiger partial charge on any atom is 0.111 e. The van der Waals surface area contributed by atoms with Gasteiger partial charge in [0.2, 0.25) is 0 Å². The quantitative estimate of drug-likeness (QED) is 0.863. The molecule has 0 aliphatic rings. The summed E-state index contributed by atoms with van der Waals surface area (Å²) in [5, 5.41) is 9.99. The first-order valence-electron chi connectivity index (χ1n) is 4.87. The van der Waals surface area contributed by atoms with Gasteiger partial charge < -0.3 is 9.67 Å². The standard InChI is InChI=1S/C11H14N2OS/c1-8-3-4-10(15-8)9(14)7-11-12-5-6-13(11)2/h3-6,9,14H,7H2,1-2H3. The molecule has 0 bridgehead atoms. The predicted molar refractivity (Wildman–Crippen MR) is 60.9 cm³/mol. The number of nitrogens with zero attached hydrogens (tertiary/aromatic N) is 2. The Balaban J connectivity index is 2.10. The van der Waals surface area contributed by atoms with Crippen molar-refractivity contribution in [1.82, 2.24) is 9.55 Å². The van der Waals surface area contributed by atoms with Crippen LogP contribution < -0.4 is 0 Å². The van der Waals surface area contributed by atoms with Crippen LogP contribution in [0.3, 0.4) is 0 Å². The second-order valence-corrected chi connectivity index (χ2v) is 4.94. The van der Waals surface area contributed by atoms with Crippen molar-refractivity contribution in [3.8, 4) is 0 Å². The van der Waals surface area contributed by atoms with Gasteiger partial charge in [0.05, 0.1) is 6.10 Å². The van der Waals surface area contributed by atoms with Gasteiger partial charge in [-0.1, -0.05) is 0 Å². The lowest BCUT2D eigenvalue weighted by Gasteiger charge is -2.07. The van der Waals surface area contributed by atoms with E-state index in [-0.39, 0.29) is 0 Å². The predicted octanol–water partition coefficient (Wildman–Crippen LogP) is 2.07. The van der Waals surface area contributed by atoms with Crippen molar-refractivity contribution in [3.05, 3.63) is 40.1 Å². The van der Waals surface area contributed by atoms with Gasteiger partial charge in [0.25, 0.3) is 0 Å². The second-order valence-electron chi connectivity index (χ2n) is 3.62. The fourth-order valence-corrected chi connectivity index (χ4v) is 2.36. The zero-order valence-corrected chi connectivity index (χ0v) is 9.66. The third-order valence-corrected chi connectivity index (χ3v) is 3.49. The molecule has 1 N–H and O–H groups in total. The minimum Gasteiger partial charge on any atom is -0.387 e. The van der Waals surface area contributed by atoms with Crippen molar-refractivity contribution in [2.24, 2.45) is 7.05 Å². The zero-order chi connectivity index (χ0) is 10.8. The summed E-state index contributed by atoms with van der Waals surface area (Å²) in [5.41, 5.74) is 0. The number of aromatic nitrogens is 2. The van der Waals surface area contributed by atoms with E-state index < -0.39 is 6.10 Å². The van der Waals surface area contributed by atoms with E-state index in [1.165, 1.54) is 4.88 Å². The number of thiophene rings is 1. The topological polar surface area (TPSA) is 38.1 Å². The second kappa shape index (κ2) is 4.16. The molecule has 0 aliphatic heterocycles. The summed E-state index contributed by atoms with van der Waals surface area (Å²) < 4.78 is 1.93. The Kier molecular flexibility index (Phi) is 2.88. The first-order chi connectivity index (χ1) is 7.16. The molecule has 0 spiro atoms. The van der Waals surface area contributed by atoms with Gasteiger partial charge in [0.15, 0.2) is 0 Å². The van der Waals surface area contributed by atoms with Crippen LogP contribution in [0, 0.1) is 6.92 Å². The fourth-order valence-electron chi connectivity index (χ4n) is 1.50. The molecular weight excluding hydrogens is 208 g/mol. The Morgan fingerprint density at radius 3 is 2.87 bits per heavy atom. The highest BCUT2D eigenvalue weighted by molar-refractivity contribution is 7.12. The molecule has 80 valence electrons. The summed E-state index contributed by atoms with van der Waals surface area (Å²) in [4.78, 5) is 6.43. The van der Waals surface area contributed by atoms with Crippen LogP contribution in [0.15, 0.2) is 24.5 Å². The van der Waals surface area contributed by atoms with Crippen LogP contribution in [0.1, 0.15) is 21.7 Å². The number of rotatable bonds is 3. The van der Waals surface area contributed by atoms with Crippen LogP contribution in [-0.4, -0.2) is 14.7 Å². The average Bonchev–Trinajstić information content (AvgIpc) is 2.77. The molecule has 1 atom stereocenters. The van der Waals surface area contributed by atoms with Gasteiger partial charge in [-0.05, 0) is 19.1 Å². The molecule has 4 heteroatoms. The molecule has 0 amide bonds. The lowest BCUT2D eigenvalue weighted by Crippen LogP contribution is -2.05. The molecule has 1 unspecified atom stereocenters. The minimum absolute atomic E-state index is 0.440. The van der Waals surface area contributed by atoms with Gasteiger partial charge in [-0.2, -0.15) is 0 Å². The van der Waals surface area contributed by atoms with Crippen LogP contribution in [0.5, 0.6) is 0 Å².